The van der Waals surface area contributed by atoms with Gasteiger partial charge >= 0.3 is 0 Å². The fourth-order valence-corrected chi connectivity index (χ4v) is 6.01. The number of aromatic nitrogens is 2. The van der Waals surface area contributed by atoms with Gasteiger partial charge in [0.2, 0.25) is 0 Å². The van der Waals surface area contributed by atoms with Gasteiger partial charge in [-0.2, -0.15) is 0 Å². The van der Waals surface area contributed by atoms with Crippen molar-refractivity contribution in [2.24, 2.45) is 11.8 Å². The van der Waals surface area contributed by atoms with Crippen LogP contribution in [0.5, 0.6) is 0 Å². The molecular weight excluding hydrogens is 468 g/mol. The molecule has 0 unspecified atom stereocenters. The van der Waals surface area contributed by atoms with Gasteiger partial charge in [-0.1, -0.05) is 64.3 Å². The molecule has 0 saturated heterocycles. The molecule has 5 nitrogen and oxygen atoms in total. The van der Waals surface area contributed by atoms with Gasteiger partial charge in [0.05, 0.1) is 17.6 Å². The van der Waals surface area contributed by atoms with Gasteiger partial charge in [-0.15, -0.1) is 0 Å². The molecule has 2 aliphatic carbocycles. The van der Waals surface area contributed by atoms with Crippen molar-refractivity contribution in [3.63, 3.8) is 0 Å². The second-order valence-corrected chi connectivity index (χ2v) is 12.0. The molecule has 2 fully saturated rings. The summed E-state index contributed by atoms with van der Waals surface area (Å²) in [6, 6.07) is 17.5. The van der Waals surface area contributed by atoms with Crippen LogP contribution in [0.25, 0.3) is 11.0 Å². The predicted octanol–water partition coefficient (Wildman–Crippen LogP) is 7.29. The predicted molar refractivity (Wildman–Crippen MR) is 156 cm³/mol. The van der Waals surface area contributed by atoms with E-state index in [0.29, 0.717) is 18.5 Å². The summed E-state index contributed by atoms with van der Waals surface area (Å²) >= 11 is 0. The fraction of sp³-hybridized carbons (Fsp3) is 0.576. The van der Waals surface area contributed by atoms with E-state index in [0.717, 1.165) is 55.4 Å². The third kappa shape index (κ3) is 6.66. The van der Waals surface area contributed by atoms with Crippen LogP contribution >= 0.6 is 0 Å². The van der Waals surface area contributed by atoms with Crippen LogP contribution in [-0.2, 0) is 19.6 Å². The number of carbonyl (C=O) groups excluding carboxylic acids is 1. The number of para-hydroxylation sites is 2. The number of hydrogen-bond donors (Lipinski definition) is 0. The quantitative estimate of drug-likeness (QED) is 0.255. The molecule has 1 amide bonds. The van der Waals surface area contributed by atoms with Gasteiger partial charge in [0.25, 0.3) is 5.91 Å². The maximum absolute atomic E-state index is 14.0. The van der Waals surface area contributed by atoms with Gasteiger partial charge in [0.15, 0.2) is 0 Å². The highest BCUT2D eigenvalue weighted by molar-refractivity contribution is 5.94. The molecule has 38 heavy (non-hydrogen) atoms. The monoisotopic (exact) mass is 514 g/mol. The molecule has 0 atom stereocenters. The van der Waals surface area contributed by atoms with E-state index in [9.17, 15) is 4.79 Å². The van der Waals surface area contributed by atoms with Gasteiger partial charge < -0.3 is 9.47 Å². The van der Waals surface area contributed by atoms with Crippen molar-refractivity contribution in [1.82, 2.24) is 19.4 Å². The van der Waals surface area contributed by atoms with E-state index in [-0.39, 0.29) is 5.91 Å². The second kappa shape index (κ2) is 12.5. The lowest BCUT2D eigenvalue weighted by atomic mass is 9.94. The van der Waals surface area contributed by atoms with Gasteiger partial charge in [-0.3, -0.25) is 9.69 Å². The van der Waals surface area contributed by atoms with Crippen molar-refractivity contribution in [2.45, 2.75) is 97.8 Å². The number of benzene rings is 2. The number of hydrogen-bond acceptors (Lipinski definition) is 3. The molecule has 2 saturated carbocycles. The summed E-state index contributed by atoms with van der Waals surface area (Å²) in [4.78, 5) is 23.7. The summed E-state index contributed by atoms with van der Waals surface area (Å²) < 4.78 is 2.38. The highest BCUT2D eigenvalue weighted by Gasteiger charge is 2.26. The third-order valence-corrected chi connectivity index (χ3v) is 8.52. The van der Waals surface area contributed by atoms with E-state index in [1.807, 2.05) is 11.0 Å². The minimum atomic E-state index is 0.123. The molecule has 0 N–H and O–H groups in total. The zero-order valence-corrected chi connectivity index (χ0v) is 23.7. The van der Waals surface area contributed by atoms with Crippen LogP contribution in [0.1, 0.15) is 93.9 Å². The van der Waals surface area contributed by atoms with E-state index < -0.39 is 0 Å². The van der Waals surface area contributed by atoms with E-state index in [1.165, 1.54) is 56.0 Å². The Morgan fingerprint density at radius 2 is 1.79 bits per heavy atom. The SMILES string of the molecule is CCN(Cc1cccc(C(=O)N(CCC(C)C)Cc2nc3ccccc3n2CC2CC2)c1)C1CCCCC1. The maximum atomic E-state index is 14.0. The average molecular weight is 515 g/mol. The van der Waals surface area contributed by atoms with Gasteiger partial charge in [0, 0.05) is 31.2 Å². The highest BCUT2D eigenvalue weighted by Crippen LogP contribution is 2.33. The molecule has 204 valence electrons. The lowest BCUT2D eigenvalue weighted by molar-refractivity contribution is 0.0729. The van der Waals surface area contributed by atoms with Crippen molar-refractivity contribution >= 4 is 16.9 Å². The number of rotatable bonds is 12. The van der Waals surface area contributed by atoms with E-state index in [1.54, 1.807) is 0 Å². The second-order valence-electron chi connectivity index (χ2n) is 12.0. The molecule has 5 heteroatoms. The normalized spacial score (nSPS) is 16.6. The topological polar surface area (TPSA) is 41.4 Å². The lowest BCUT2D eigenvalue weighted by Crippen LogP contribution is -2.36. The minimum absolute atomic E-state index is 0.123. The zero-order chi connectivity index (χ0) is 26.5. The van der Waals surface area contributed by atoms with Crippen LogP contribution in [0, 0.1) is 11.8 Å². The van der Waals surface area contributed by atoms with Crippen molar-refractivity contribution in [2.75, 3.05) is 13.1 Å². The molecule has 5 rings (SSSR count). The first-order valence-corrected chi connectivity index (χ1v) is 15.1. The van der Waals surface area contributed by atoms with E-state index in [4.69, 9.17) is 4.98 Å². The van der Waals surface area contributed by atoms with E-state index in [2.05, 4.69) is 72.7 Å². The van der Waals surface area contributed by atoms with Crippen molar-refractivity contribution < 1.29 is 4.79 Å². The Bertz CT molecular complexity index is 1200. The fourth-order valence-electron chi connectivity index (χ4n) is 6.01. The van der Waals surface area contributed by atoms with Crippen molar-refractivity contribution in [3.05, 3.63) is 65.5 Å². The molecule has 3 aromatic rings. The number of amides is 1. The summed E-state index contributed by atoms with van der Waals surface area (Å²) in [5.41, 5.74) is 4.27. The van der Waals surface area contributed by atoms with Crippen LogP contribution in [0.4, 0.5) is 0 Å². The minimum Gasteiger partial charge on any atom is -0.331 e. The largest absolute Gasteiger partial charge is 0.331 e. The molecule has 0 radical (unpaired) electrons. The van der Waals surface area contributed by atoms with Crippen molar-refractivity contribution in [1.29, 1.82) is 0 Å². The van der Waals surface area contributed by atoms with Crippen LogP contribution in [-0.4, -0.2) is 44.4 Å². The van der Waals surface area contributed by atoms with Gasteiger partial charge in [0.1, 0.15) is 5.82 Å². The third-order valence-electron chi connectivity index (χ3n) is 8.52. The summed E-state index contributed by atoms with van der Waals surface area (Å²) in [5, 5.41) is 0. The summed E-state index contributed by atoms with van der Waals surface area (Å²) in [6.07, 6.45) is 10.2. The van der Waals surface area contributed by atoms with Gasteiger partial charge in [-0.05, 0) is 80.3 Å². The van der Waals surface area contributed by atoms with Crippen LogP contribution in [0.2, 0.25) is 0 Å². The first-order chi connectivity index (χ1) is 18.5. The average Bonchev–Trinajstić information content (AvgIpc) is 3.70. The molecule has 1 aromatic heterocycles. The Morgan fingerprint density at radius 1 is 1.00 bits per heavy atom. The van der Waals surface area contributed by atoms with Gasteiger partial charge in [-0.25, -0.2) is 4.98 Å². The van der Waals surface area contributed by atoms with Crippen LogP contribution < -0.4 is 0 Å². The molecule has 0 bridgehead atoms. The van der Waals surface area contributed by atoms with Crippen molar-refractivity contribution in [3.8, 4) is 0 Å². The molecule has 2 aliphatic rings. The Hall–Kier alpha value is -2.66. The molecule has 1 heterocycles. The molecular formula is C33H46N4O. The first-order valence-electron chi connectivity index (χ1n) is 15.1. The smallest absolute Gasteiger partial charge is 0.254 e. The number of fused-ring (bicyclic) bond motifs is 1. The highest BCUT2D eigenvalue weighted by atomic mass is 16.2. The number of carbonyl (C=O) groups is 1. The summed E-state index contributed by atoms with van der Waals surface area (Å²) in [6.45, 7) is 11.0. The van der Waals surface area contributed by atoms with Crippen LogP contribution in [0.15, 0.2) is 48.5 Å². The summed E-state index contributed by atoms with van der Waals surface area (Å²) in [7, 11) is 0. The Labute approximate surface area is 229 Å². The number of imidazole rings is 1. The molecule has 0 aliphatic heterocycles. The maximum Gasteiger partial charge on any atom is 0.254 e. The standard InChI is InChI=1S/C33H46N4O/c1-4-35(29-13-6-5-7-14-29)22-27-11-10-12-28(21-27)33(38)36(20-19-25(2)3)24-32-34-30-15-8-9-16-31(30)37(32)23-26-17-18-26/h8-12,15-16,21,25-26,29H,4-7,13-14,17-20,22-24H2,1-3H3. The summed E-state index contributed by atoms with van der Waals surface area (Å²) in [5.74, 6) is 2.42. The molecule has 0 spiro atoms. The Morgan fingerprint density at radius 3 is 2.53 bits per heavy atom. The Balaban J connectivity index is 1.37. The first kappa shape index (κ1) is 26.9. The lowest BCUT2D eigenvalue weighted by Gasteiger charge is -2.33. The van der Waals surface area contributed by atoms with Crippen LogP contribution in [0.3, 0.4) is 0 Å². The Kier molecular flexibility index (Phi) is 8.83. The van der Waals surface area contributed by atoms with E-state index >= 15 is 0 Å². The zero-order valence-electron chi connectivity index (χ0n) is 23.7. The molecule has 2 aromatic carbocycles. The number of nitrogens with zero attached hydrogens (tertiary/aromatic N) is 4.